The van der Waals surface area contributed by atoms with Crippen LogP contribution in [0.3, 0.4) is 0 Å². The van der Waals surface area contributed by atoms with Crippen LogP contribution in [0.2, 0.25) is 0 Å². The van der Waals surface area contributed by atoms with E-state index in [4.69, 9.17) is 9.47 Å². The van der Waals surface area contributed by atoms with E-state index in [1.165, 1.54) is 0 Å². The van der Waals surface area contributed by atoms with Gasteiger partial charge in [-0.25, -0.2) is 0 Å². The van der Waals surface area contributed by atoms with Gasteiger partial charge >= 0.3 is 0 Å². The Labute approximate surface area is 118 Å². The first kappa shape index (κ1) is 14.2. The van der Waals surface area contributed by atoms with Gasteiger partial charge in [-0.15, -0.1) is 5.10 Å². The summed E-state index contributed by atoms with van der Waals surface area (Å²) in [6.07, 6.45) is -0.200. The first-order chi connectivity index (χ1) is 9.60. The molecule has 108 valence electrons. The summed E-state index contributed by atoms with van der Waals surface area (Å²) in [5, 5.41) is 6.99. The minimum absolute atomic E-state index is 0.200. The standard InChI is InChI=1S/C14H20N4O2/c1-5-19-11-6-8-12(9-7-11)20-10(2)13-15-14(17-16-13)18(3)4/h6-10H,5H2,1-4H3,(H,15,16,17). The predicted molar refractivity (Wildman–Crippen MR) is 77.4 cm³/mol. The highest BCUT2D eigenvalue weighted by molar-refractivity contribution is 5.32. The summed E-state index contributed by atoms with van der Waals surface area (Å²) in [5.74, 6) is 2.94. The Bertz CT molecular complexity index is 536. The van der Waals surface area contributed by atoms with Crippen LogP contribution in [0.4, 0.5) is 5.95 Å². The molecule has 1 aromatic carbocycles. The zero-order valence-electron chi connectivity index (χ0n) is 12.3. The third-order valence-corrected chi connectivity index (χ3v) is 2.72. The second-order valence-corrected chi connectivity index (χ2v) is 4.58. The van der Waals surface area contributed by atoms with E-state index in [1.54, 1.807) is 0 Å². The lowest BCUT2D eigenvalue weighted by molar-refractivity contribution is 0.216. The maximum absolute atomic E-state index is 5.82. The molecule has 0 fully saturated rings. The van der Waals surface area contributed by atoms with Gasteiger partial charge in [0.15, 0.2) is 11.9 Å². The normalized spacial score (nSPS) is 12.0. The number of hydrogen-bond acceptors (Lipinski definition) is 5. The van der Waals surface area contributed by atoms with Gasteiger partial charge in [0, 0.05) is 14.1 Å². The highest BCUT2D eigenvalue weighted by Crippen LogP contribution is 2.23. The first-order valence-electron chi connectivity index (χ1n) is 6.59. The molecular weight excluding hydrogens is 256 g/mol. The highest BCUT2D eigenvalue weighted by Gasteiger charge is 2.13. The molecule has 0 aliphatic rings. The number of anilines is 1. The molecule has 0 spiro atoms. The fraction of sp³-hybridized carbons (Fsp3) is 0.429. The van der Waals surface area contributed by atoms with E-state index in [0.717, 1.165) is 11.5 Å². The van der Waals surface area contributed by atoms with Crippen molar-refractivity contribution in [2.24, 2.45) is 0 Å². The van der Waals surface area contributed by atoms with Crippen molar-refractivity contribution in [1.29, 1.82) is 0 Å². The second-order valence-electron chi connectivity index (χ2n) is 4.58. The zero-order chi connectivity index (χ0) is 14.5. The van der Waals surface area contributed by atoms with Crippen molar-refractivity contribution < 1.29 is 9.47 Å². The van der Waals surface area contributed by atoms with Crippen LogP contribution in [0, 0.1) is 0 Å². The van der Waals surface area contributed by atoms with E-state index < -0.39 is 0 Å². The number of aromatic nitrogens is 3. The maximum atomic E-state index is 5.82. The fourth-order valence-corrected chi connectivity index (χ4v) is 1.69. The molecule has 1 heterocycles. The molecular formula is C14H20N4O2. The summed E-state index contributed by atoms with van der Waals surface area (Å²) < 4.78 is 11.2. The van der Waals surface area contributed by atoms with Gasteiger partial charge in [-0.2, -0.15) is 4.98 Å². The smallest absolute Gasteiger partial charge is 0.244 e. The molecule has 0 saturated heterocycles. The van der Waals surface area contributed by atoms with E-state index in [2.05, 4.69) is 15.2 Å². The third kappa shape index (κ3) is 3.40. The lowest BCUT2D eigenvalue weighted by atomic mass is 10.3. The van der Waals surface area contributed by atoms with Crippen molar-refractivity contribution in [3.8, 4) is 11.5 Å². The SMILES string of the molecule is CCOc1ccc(OC(C)c2nc(N(C)C)n[nH]2)cc1. The molecule has 0 bridgehead atoms. The van der Waals surface area contributed by atoms with Gasteiger partial charge in [0.05, 0.1) is 6.61 Å². The van der Waals surface area contributed by atoms with Gasteiger partial charge < -0.3 is 14.4 Å². The molecule has 6 nitrogen and oxygen atoms in total. The molecule has 1 atom stereocenters. The Hall–Kier alpha value is -2.24. The number of benzene rings is 1. The van der Waals surface area contributed by atoms with Crippen LogP contribution in [0.5, 0.6) is 11.5 Å². The molecule has 1 aromatic heterocycles. The van der Waals surface area contributed by atoms with Crippen LogP contribution in [0.25, 0.3) is 0 Å². The van der Waals surface area contributed by atoms with Crippen molar-refractivity contribution in [1.82, 2.24) is 15.2 Å². The van der Waals surface area contributed by atoms with Gasteiger partial charge in [-0.1, -0.05) is 0 Å². The second kappa shape index (κ2) is 6.27. The van der Waals surface area contributed by atoms with Gasteiger partial charge in [0.1, 0.15) is 11.5 Å². The molecule has 0 aliphatic heterocycles. The average Bonchev–Trinajstić information content (AvgIpc) is 2.91. The number of ether oxygens (including phenoxy) is 2. The molecule has 1 unspecified atom stereocenters. The van der Waals surface area contributed by atoms with Crippen LogP contribution >= 0.6 is 0 Å². The van der Waals surface area contributed by atoms with Crippen molar-refractivity contribution in [2.45, 2.75) is 20.0 Å². The maximum Gasteiger partial charge on any atom is 0.244 e. The van der Waals surface area contributed by atoms with E-state index >= 15 is 0 Å². The highest BCUT2D eigenvalue weighted by atomic mass is 16.5. The summed E-state index contributed by atoms with van der Waals surface area (Å²) in [7, 11) is 3.79. The van der Waals surface area contributed by atoms with E-state index in [1.807, 2.05) is 57.1 Å². The molecule has 1 N–H and O–H groups in total. The monoisotopic (exact) mass is 276 g/mol. The molecule has 0 aliphatic carbocycles. The minimum atomic E-state index is -0.200. The van der Waals surface area contributed by atoms with Crippen molar-refractivity contribution in [3.05, 3.63) is 30.1 Å². The van der Waals surface area contributed by atoms with Crippen LogP contribution in [0.1, 0.15) is 25.8 Å². The molecule has 2 aromatic rings. The summed E-state index contributed by atoms with van der Waals surface area (Å²) >= 11 is 0. The topological polar surface area (TPSA) is 63.3 Å². The Morgan fingerprint density at radius 2 is 1.85 bits per heavy atom. The number of hydrogen-bond donors (Lipinski definition) is 1. The molecule has 0 radical (unpaired) electrons. The van der Waals surface area contributed by atoms with Gasteiger partial charge in [0.2, 0.25) is 5.95 Å². The molecule has 2 rings (SSSR count). The number of H-pyrrole nitrogens is 1. The summed E-state index contributed by atoms with van der Waals surface area (Å²) in [6, 6.07) is 7.53. The van der Waals surface area contributed by atoms with Crippen molar-refractivity contribution in [3.63, 3.8) is 0 Å². The zero-order valence-corrected chi connectivity index (χ0v) is 12.3. The lowest BCUT2D eigenvalue weighted by Crippen LogP contribution is -2.11. The number of aromatic amines is 1. The van der Waals surface area contributed by atoms with Crippen LogP contribution in [-0.2, 0) is 0 Å². The van der Waals surface area contributed by atoms with Crippen LogP contribution < -0.4 is 14.4 Å². The summed E-state index contributed by atoms with van der Waals surface area (Å²) in [6.45, 7) is 4.54. The lowest BCUT2D eigenvalue weighted by Gasteiger charge is -2.12. The van der Waals surface area contributed by atoms with E-state index in [-0.39, 0.29) is 6.10 Å². The molecule has 0 amide bonds. The average molecular weight is 276 g/mol. The third-order valence-electron chi connectivity index (χ3n) is 2.72. The van der Waals surface area contributed by atoms with Crippen LogP contribution in [0.15, 0.2) is 24.3 Å². The molecule has 6 heteroatoms. The Morgan fingerprint density at radius 3 is 2.40 bits per heavy atom. The van der Waals surface area contributed by atoms with Gasteiger partial charge in [0.25, 0.3) is 0 Å². The van der Waals surface area contributed by atoms with Gasteiger partial charge in [-0.05, 0) is 38.1 Å². The number of nitrogens with zero attached hydrogens (tertiary/aromatic N) is 3. The first-order valence-corrected chi connectivity index (χ1v) is 6.59. The number of rotatable bonds is 6. The quantitative estimate of drug-likeness (QED) is 0.877. The van der Waals surface area contributed by atoms with Crippen molar-refractivity contribution in [2.75, 3.05) is 25.6 Å². The van der Waals surface area contributed by atoms with Gasteiger partial charge in [-0.3, -0.25) is 5.10 Å². The molecule has 20 heavy (non-hydrogen) atoms. The minimum Gasteiger partial charge on any atom is -0.494 e. The molecule has 0 saturated carbocycles. The van der Waals surface area contributed by atoms with Crippen molar-refractivity contribution >= 4 is 5.95 Å². The Kier molecular flexibility index (Phi) is 4.45. The fourth-order valence-electron chi connectivity index (χ4n) is 1.69. The van der Waals surface area contributed by atoms with E-state index in [0.29, 0.717) is 18.4 Å². The summed E-state index contributed by atoms with van der Waals surface area (Å²) in [5.41, 5.74) is 0. The largest absolute Gasteiger partial charge is 0.494 e. The number of nitrogens with one attached hydrogen (secondary N) is 1. The summed E-state index contributed by atoms with van der Waals surface area (Å²) in [4.78, 5) is 6.20. The van der Waals surface area contributed by atoms with E-state index in [9.17, 15) is 0 Å². The predicted octanol–water partition coefficient (Wildman–Crippen LogP) is 2.41. The Morgan fingerprint density at radius 1 is 1.20 bits per heavy atom. The van der Waals surface area contributed by atoms with Crippen LogP contribution in [-0.4, -0.2) is 35.9 Å². The Balaban J connectivity index is 2.00.